The van der Waals surface area contributed by atoms with Gasteiger partial charge in [-0.1, -0.05) is 91.0 Å². The lowest BCUT2D eigenvalue weighted by Gasteiger charge is -2.44. The summed E-state index contributed by atoms with van der Waals surface area (Å²) in [4.78, 5) is 17.7. The fraction of sp³-hybridized carbons (Fsp3) is 0.242. The van der Waals surface area contributed by atoms with E-state index in [4.69, 9.17) is 4.74 Å². The van der Waals surface area contributed by atoms with Crippen molar-refractivity contribution < 1.29 is 13.9 Å². The van der Waals surface area contributed by atoms with Crippen molar-refractivity contribution in [1.29, 1.82) is 0 Å². The molecule has 194 valence electrons. The van der Waals surface area contributed by atoms with E-state index in [9.17, 15) is 9.18 Å². The number of carbonyl (C=O) groups is 1. The predicted octanol–water partition coefficient (Wildman–Crippen LogP) is 6.66. The molecule has 0 N–H and O–H groups in total. The van der Waals surface area contributed by atoms with Gasteiger partial charge in [-0.05, 0) is 42.7 Å². The number of benzene rings is 4. The van der Waals surface area contributed by atoms with E-state index in [1.807, 2.05) is 71.6 Å². The maximum Gasteiger partial charge on any atom is 0.260 e. The highest BCUT2D eigenvalue weighted by molar-refractivity contribution is 5.84. The van der Waals surface area contributed by atoms with Crippen molar-refractivity contribution in [3.05, 3.63) is 115 Å². The molecule has 0 spiro atoms. The summed E-state index contributed by atoms with van der Waals surface area (Å²) in [6.07, 6.45) is 0. The summed E-state index contributed by atoms with van der Waals surface area (Å²) in [6.45, 7) is 6.29. The molecule has 0 radical (unpaired) electrons. The molecule has 2 unspecified atom stereocenters. The van der Waals surface area contributed by atoms with Crippen molar-refractivity contribution in [3.63, 3.8) is 0 Å². The Morgan fingerprint density at radius 3 is 1.92 bits per heavy atom. The summed E-state index contributed by atoms with van der Waals surface area (Å²) in [5, 5.41) is 0. The Morgan fingerprint density at radius 2 is 1.34 bits per heavy atom. The van der Waals surface area contributed by atoms with Gasteiger partial charge in [0, 0.05) is 42.8 Å². The zero-order chi connectivity index (χ0) is 26.5. The van der Waals surface area contributed by atoms with Crippen molar-refractivity contribution in [3.8, 4) is 28.0 Å². The number of amides is 1. The molecule has 4 aromatic carbocycles. The number of halogens is 1. The summed E-state index contributed by atoms with van der Waals surface area (Å²) in [7, 11) is 0. The van der Waals surface area contributed by atoms with Gasteiger partial charge in [0.2, 0.25) is 0 Å². The van der Waals surface area contributed by atoms with Gasteiger partial charge in [-0.2, -0.15) is 0 Å². The second-order valence-electron chi connectivity index (χ2n) is 10.0. The van der Waals surface area contributed by atoms with E-state index in [0.717, 1.165) is 40.9 Å². The molecule has 5 rings (SSSR count). The van der Waals surface area contributed by atoms with Gasteiger partial charge in [-0.3, -0.25) is 9.69 Å². The zero-order valence-corrected chi connectivity index (χ0v) is 21.9. The van der Waals surface area contributed by atoms with Gasteiger partial charge >= 0.3 is 0 Å². The minimum atomic E-state index is -0.227. The third kappa shape index (κ3) is 5.79. The smallest absolute Gasteiger partial charge is 0.260 e. The van der Waals surface area contributed by atoms with Crippen molar-refractivity contribution in [1.82, 2.24) is 9.80 Å². The Morgan fingerprint density at radius 1 is 0.763 bits per heavy atom. The van der Waals surface area contributed by atoms with E-state index in [1.165, 1.54) is 12.1 Å². The third-order valence-corrected chi connectivity index (χ3v) is 7.26. The largest absolute Gasteiger partial charge is 0.482 e. The minimum absolute atomic E-state index is 0.0207. The summed E-state index contributed by atoms with van der Waals surface area (Å²) in [5.74, 6) is 0.469. The molecule has 1 heterocycles. The number of rotatable bonds is 7. The van der Waals surface area contributed by atoms with Crippen LogP contribution in [0.25, 0.3) is 22.3 Å². The van der Waals surface area contributed by atoms with Crippen LogP contribution in [0.5, 0.6) is 5.75 Å². The fourth-order valence-electron chi connectivity index (χ4n) is 5.19. The Labute approximate surface area is 224 Å². The molecule has 0 saturated carbocycles. The Kier molecular flexibility index (Phi) is 7.85. The molecule has 0 aromatic heterocycles. The average molecular weight is 509 g/mol. The Hall–Kier alpha value is -3.96. The Bertz CT molecular complexity index is 1300. The fourth-order valence-corrected chi connectivity index (χ4v) is 5.19. The highest BCUT2D eigenvalue weighted by Gasteiger charge is 2.32. The second-order valence-corrected chi connectivity index (χ2v) is 10.0. The van der Waals surface area contributed by atoms with E-state index in [-0.39, 0.29) is 30.4 Å². The molecular formula is C33H33FN2O2. The van der Waals surface area contributed by atoms with Gasteiger partial charge < -0.3 is 9.64 Å². The molecule has 1 aliphatic rings. The van der Waals surface area contributed by atoms with Crippen LogP contribution in [0.4, 0.5) is 4.39 Å². The van der Waals surface area contributed by atoms with Crippen LogP contribution in [0, 0.1) is 5.82 Å². The van der Waals surface area contributed by atoms with E-state index in [0.29, 0.717) is 12.3 Å². The van der Waals surface area contributed by atoms with Crippen molar-refractivity contribution in [2.75, 3.05) is 19.7 Å². The standard InChI is InChI=1S/C33H33FN2O2/c1-24-21-36(25(2)20-35(24)22-26-16-18-29(34)19-17-26)32(37)23-38-33-30(27-10-5-3-6-11-27)14-9-15-31(33)28-12-7-4-8-13-28/h3-19,24-25H,20-23H2,1-2H3. The molecule has 0 bridgehead atoms. The number of hydrogen-bond donors (Lipinski definition) is 0. The van der Waals surface area contributed by atoms with E-state index < -0.39 is 0 Å². The molecule has 4 aromatic rings. The number of ether oxygens (including phenoxy) is 1. The van der Waals surface area contributed by atoms with Crippen molar-refractivity contribution >= 4 is 5.91 Å². The summed E-state index contributed by atoms with van der Waals surface area (Å²) in [5.41, 5.74) is 5.09. The lowest BCUT2D eigenvalue weighted by molar-refractivity contribution is -0.139. The summed E-state index contributed by atoms with van der Waals surface area (Å²) < 4.78 is 19.7. The van der Waals surface area contributed by atoms with Gasteiger partial charge in [0.1, 0.15) is 11.6 Å². The lowest BCUT2D eigenvalue weighted by Crippen LogP contribution is -2.58. The highest BCUT2D eigenvalue weighted by atomic mass is 19.1. The van der Waals surface area contributed by atoms with Crippen LogP contribution < -0.4 is 4.74 Å². The molecule has 1 saturated heterocycles. The van der Waals surface area contributed by atoms with E-state index >= 15 is 0 Å². The van der Waals surface area contributed by atoms with E-state index in [1.54, 1.807) is 0 Å². The highest BCUT2D eigenvalue weighted by Crippen LogP contribution is 2.39. The van der Waals surface area contributed by atoms with Gasteiger partial charge in [-0.25, -0.2) is 4.39 Å². The summed E-state index contributed by atoms with van der Waals surface area (Å²) >= 11 is 0. The normalized spacial score (nSPS) is 17.8. The molecule has 0 aliphatic carbocycles. The second kappa shape index (κ2) is 11.6. The maximum absolute atomic E-state index is 13.5. The van der Waals surface area contributed by atoms with Crippen LogP contribution in [0.3, 0.4) is 0 Å². The SMILES string of the molecule is CC1CN(C(=O)COc2c(-c3ccccc3)cccc2-c2ccccc2)C(C)CN1Cc1ccc(F)cc1. The molecule has 1 amide bonds. The number of carbonyl (C=O) groups excluding carboxylic acids is 1. The summed E-state index contributed by atoms with van der Waals surface area (Å²) in [6, 6.07) is 33.2. The van der Waals surface area contributed by atoms with Crippen molar-refractivity contribution in [2.45, 2.75) is 32.5 Å². The molecule has 4 nitrogen and oxygen atoms in total. The van der Waals surface area contributed by atoms with Crippen LogP contribution in [0.2, 0.25) is 0 Å². The monoisotopic (exact) mass is 508 g/mol. The van der Waals surface area contributed by atoms with Crippen LogP contribution >= 0.6 is 0 Å². The number of nitrogens with zero attached hydrogens (tertiary/aromatic N) is 2. The van der Waals surface area contributed by atoms with Crippen LogP contribution in [-0.4, -0.2) is 47.5 Å². The lowest BCUT2D eigenvalue weighted by atomic mass is 9.97. The first-order valence-electron chi connectivity index (χ1n) is 13.1. The topological polar surface area (TPSA) is 32.8 Å². The zero-order valence-electron chi connectivity index (χ0n) is 21.9. The Balaban J connectivity index is 1.32. The van der Waals surface area contributed by atoms with Crippen molar-refractivity contribution in [2.24, 2.45) is 0 Å². The first-order chi connectivity index (χ1) is 18.5. The van der Waals surface area contributed by atoms with Crippen LogP contribution in [0.1, 0.15) is 19.4 Å². The first-order valence-corrected chi connectivity index (χ1v) is 13.1. The number of para-hydroxylation sites is 1. The molecule has 38 heavy (non-hydrogen) atoms. The van der Waals surface area contributed by atoms with Gasteiger partial charge in [0.05, 0.1) is 0 Å². The number of hydrogen-bond acceptors (Lipinski definition) is 3. The number of piperazine rings is 1. The van der Waals surface area contributed by atoms with Crippen LogP contribution in [0.15, 0.2) is 103 Å². The van der Waals surface area contributed by atoms with Gasteiger partial charge in [0.25, 0.3) is 5.91 Å². The maximum atomic E-state index is 13.5. The quantitative estimate of drug-likeness (QED) is 0.280. The molecule has 5 heteroatoms. The molecule has 1 aliphatic heterocycles. The predicted molar refractivity (Wildman–Crippen MR) is 150 cm³/mol. The average Bonchev–Trinajstić information content (AvgIpc) is 2.95. The molecule has 1 fully saturated rings. The van der Waals surface area contributed by atoms with Gasteiger partial charge in [-0.15, -0.1) is 0 Å². The molecular weight excluding hydrogens is 475 g/mol. The third-order valence-electron chi connectivity index (χ3n) is 7.26. The van der Waals surface area contributed by atoms with Gasteiger partial charge in [0.15, 0.2) is 6.61 Å². The van der Waals surface area contributed by atoms with Crippen LogP contribution in [-0.2, 0) is 11.3 Å². The minimum Gasteiger partial charge on any atom is -0.482 e. The molecule has 2 atom stereocenters. The first kappa shape index (κ1) is 25.7. The van der Waals surface area contributed by atoms with E-state index in [2.05, 4.69) is 43.0 Å².